The van der Waals surface area contributed by atoms with Crippen molar-refractivity contribution in [3.63, 3.8) is 0 Å². The number of nitrogens with one attached hydrogen (secondary N) is 1. The summed E-state index contributed by atoms with van der Waals surface area (Å²) in [6, 6.07) is 5.80. The van der Waals surface area contributed by atoms with Gasteiger partial charge in [-0.05, 0) is 31.0 Å². The number of ether oxygens (including phenoxy) is 2. The minimum Gasteiger partial charge on any atom is -0.454 e. The molecule has 3 rings (SSSR count). The molecule has 0 unspecified atom stereocenters. The van der Waals surface area contributed by atoms with Crippen molar-refractivity contribution >= 4 is 11.8 Å². The maximum atomic E-state index is 12.3. The van der Waals surface area contributed by atoms with Crippen molar-refractivity contribution in [3.8, 4) is 11.5 Å². The van der Waals surface area contributed by atoms with Crippen LogP contribution in [0.2, 0.25) is 0 Å². The van der Waals surface area contributed by atoms with Gasteiger partial charge in [0.25, 0.3) is 0 Å². The van der Waals surface area contributed by atoms with E-state index in [1.165, 1.54) is 0 Å². The Labute approximate surface area is 135 Å². The highest BCUT2D eigenvalue weighted by Gasteiger charge is 2.35. The predicted octanol–water partition coefficient (Wildman–Crippen LogP) is 1.68. The van der Waals surface area contributed by atoms with E-state index in [4.69, 9.17) is 9.47 Å². The van der Waals surface area contributed by atoms with Gasteiger partial charge >= 0.3 is 0 Å². The summed E-state index contributed by atoms with van der Waals surface area (Å²) < 4.78 is 10.6. The lowest BCUT2D eigenvalue weighted by Crippen LogP contribution is -2.36. The minimum atomic E-state index is -0.259. The first-order chi connectivity index (χ1) is 11.1. The monoisotopic (exact) mass is 318 g/mol. The maximum absolute atomic E-state index is 12.3. The molecule has 2 aliphatic heterocycles. The Morgan fingerprint density at radius 3 is 2.96 bits per heavy atom. The van der Waals surface area contributed by atoms with Crippen molar-refractivity contribution in [2.75, 3.05) is 13.3 Å². The second kappa shape index (κ2) is 6.48. The van der Waals surface area contributed by atoms with E-state index in [0.29, 0.717) is 25.3 Å². The third kappa shape index (κ3) is 3.25. The van der Waals surface area contributed by atoms with Crippen molar-refractivity contribution < 1.29 is 19.1 Å². The van der Waals surface area contributed by atoms with Crippen LogP contribution in [0.3, 0.4) is 0 Å². The van der Waals surface area contributed by atoms with Crippen molar-refractivity contribution in [1.82, 2.24) is 10.2 Å². The minimum absolute atomic E-state index is 0.0678. The molecule has 0 bridgehead atoms. The van der Waals surface area contributed by atoms with Crippen LogP contribution in [0, 0.1) is 5.92 Å². The molecule has 2 heterocycles. The lowest BCUT2D eigenvalue weighted by molar-refractivity contribution is -0.130. The number of hydrogen-bond donors (Lipinski definition) is 1. The van der Waals surface area contributed by atoms with Gasteiger partial charge in [0.05, 0.1) is 5.92 Å². The Kier molecular flexibility index (Phi) is 4.41. The number of hydrogen-bond acceptors (Lipinski definition) is 4. The Morgan fingerprint density at radius 1 is 1.39 bits per heavy atom. The summed E-state index contributed by atoms with van der Waals surface area (Å²) >= 11 is 0. The number of carbonyl (C=O) groups is 2. The molecule has 0 spiro atoms. The van der Waals surface area contributed by atoms with Gasteiger partial charge in [0.1, 0.15) is 0 Å². The molecular formula is C17H22N2O4. The highest BCUT2D eigenvalue weighted by atomic mass is 16.7. The number of rotatable bonds is 5. The van der Waals surface area contributed by atoms with Crippen LogP contribution in [0.5, 0.6) is 11.5 Å². The topological polar surface area (TPSA) is 67.9 Å². The summed E-state index contributed by atoms with van der Waals surface area (Å²) in [5, 5.41) is 2.92. The van der Waals surface area contributed by atoms with Gasteiger partial charge in [-0.1, -0.05) is 13.0 Å². The van der Waals surface area contributed by atoms with Gasteiger partial charge in [-0.2, -0.15) is 0 Å². The molecule has 0 aromatic heterocycles. The van der Waals surface area contributed by atoms with Gasteiger partial charge in [0, 0.05) is 25.6 Å². The fraction of sp³-hybridized carbons (Fsp3) is 0.529. The van der Waals surface area contributed by atoms with E-state index in [2.05, 4.69) is 5.32 Å². The third-order valence-electron chi connectivity index (χ3n) is 4.56. The van der Waals surface area contributed by atoms with Crippen molar-refractivity contribution in [1.29, 1.82) is 0 Å². The largest absolute Gasteiger partial charge is 0.454 e. The van der Waals surface area contributed by atoms with Crippen LogP contribution >= 0.6 is 0 Å². The van der Waals surface area contributed by atoms with Gasteiger partial charge in [-0.3, -0.25) is 9.59 Å². The van der Waals surface area contributed by atoms with E-state index in [0.717, 1.165) is 17.7 Å². The SMILES string of the molecule is CC[C@@H](C)N1C[C@@H](C(=O)NCc2ccc3c(c2)OCO3)CC1=O. The third-order valence-corrected chi connectivity index (χ3v) is 4.56. The van der Waals surface area contributed by atoms with Crippen LogP contribution in [-0.4, -0.2) is 36.1 Å². The summed E-state index contributed by atoms with van der Waals surface area (Å²) in [5.41, 5.74) is 0.950. The lowest BCUT2D eigenvalue weighted by Gasteiger charge is -2.23. The molecule has 1 N–H and O–H groups in total. The Bertz CT molecular complexity index is 617. The molecule has 0 radical (unpaired) electrons. The van der Waals surface area contributed by atoms with E-state index >= 15 is 0 Å². The van der Waals surface area contributed by atoms with Crippen molar-refractivity contribution in [2.24, 2.45) is 5.92 Å². The van der Waals surface area contributed by atoms with Gasteiger partial charge in [-0.15, -0.1) is 0 Å². The average molecular weight is 318 g/mol. The average Bonchev–Trinajstić information content (AvgIpc) is 3.17. The zero-order valence-corrected chi connectivity index (χ0v) is 13.5. The number of benzene rings is 1. The Hall–Kier alpha value is -2.24. The molecular weight excluding hydrogens is 296 g/mol. The molecule has 124 valence electrons. The molecule has 6 nitrogen and oxygen atoms in total. The summed E-state index contributed by atoms with van der Waals surface area (Å²) in [5.74, 6) is 1.18. The van der Waals surface area contributed by atoms with E-state index in [-0.39, 0.29) is 30.6 Å². The van der Waals surface area contributed by atoms with Crippen LogP contribution in [0.25, 0.3) is 0 Å². The lowest BCUT2D eigenvalue weighted by atomic mass is 10.1. The zero-order valence-electron chi connectivity index (χ0n) is 13.5. The van der Waals surface area contributed by atoms with E-state index in [1.54, 1.807) is 0 Å². The number of likely N-dealkylation sites (tertiary alicyclic amines) is 1. The van der Waals surface area contributed by atoms with Gasteiger partial charge in [0.2, 0.25) is 18.6 Å². The molecule has 0 saturated carbocycles. The van der Waals surface area contributed by atoms with Crippen LogP contribution in [0.15, 0.2) is 18.2 Å². The molecule has 2 amide bonds. The summed E-state index contributed by atoms with van der Waals surface area (Å²) in [7, 11) is 0. The number of carbonyl (C=O) groups excluding carboxylic acids is 2. The number of amides is 2. The Balaban J connectivity index is 1.55. The normalized spacial score (nSPS) is 20.7. The van der Waals surface area contributed by atoms with Crippen LogP contribution < -0.4 is 14.8 Å². The van der Waals surface area contributed by atoms with Crippen LogP contribution in [0.1, 0.15) is 32.3 Å². The quantitative estimate of drug-likeness (QED) is 0.897. The van der Waals surface area contributed by atoms with Gasteiger partial charge < -0.3 is 19.7 Å². The molecule has 0 aliphatic carbocycles. The first-order valence-corrected chi connectivity index (χ1v) is 8.04. The molecule has 1 saturated heterocycles. The first-order valence-electron chi connectivity index (χ1n) is 8.04. The van der Waals surface area contributed by atoms with Crippen molar-refractivity contribution in [2.45, 2.75) is 39.3 Å². The summed E-state index contributed by atoms with van der Waals surface area (Å²) in [4.78, 5) is 26.1. The Morgan fingerprint density at radius 2 is 2.17 bits per heavy atom. The zero-order chi connectivity index (χ0) is 16.4. The van der Waals surface area contributed by atoms with E-state index in [9.17, 15) is 9.59 Å². The van der Waals surface area contributed by atoms with Crippen LogP contribution in [0.4, 0.5) is 0 Å². The first kappa shape index (κ1) is 15.6. The van der Waals surface area contributed by atoms with Crippen molar-refractivity contribution in [3.05, 3.63) is 23.8 Å². The molecule has 2 aliphatic rings. The number of nitrogens with zero attached hydrogens (tertiary/aromatic N) is 1. The number of fused-ring (bicyclic) bond motifs is 1. The summed E-state index contributed by atoms with van der Waals surface area (Å²) in [6.45, 7) is 5.24. The van der Waals surface area contributed by atoms with E-state index < -0.39 is 0 Å². The molecule has 1 aromatic carbocycles. The fourth-order valence-electron chi connectivity index (χ4n) is 2.94. The second-order valence-corrected chi connectivity index (χ2v) is 6.11. The maximum Gasteiger partial charge on any atom is 0.231 e. The highest BCUT2D eigenvalue weighted by Crippen LogP contribution is 2.32. The second-order valence-electron chi connectivity index (χ2n) is 6.11. The smallest absolute Gasteiger partial charge is 0.231 e. The van der Waals surface area contributed by atoms with E-state index in [1.807, 2.05) is 36.9 Å². The molecule has 23 heavy (non-hydrogen) atoms. The summed E-state index contributed by atoms with van der Waals surface area (Å²) in [6.07, 6.45) is 1.20. The fourth-order valence-corrected chi connectivity index (χ4v) is 2.94. The van der Waals surface area contributed by atoms with Gasteiger partial charge in [-0.25, -0.2) is 0 Å². The molecule has 1 fully saturated rings. The molecule has 1 aromatic rings. The molecule has 6 heteroatoms. The van der Waals surface area contributed by atoms with Gasteiger partial charge in [0.15, 0.2) is 11.5 Å². The predicted molar refractivity (Wildman–Crippen MR) is 84.0 cm³/mol. The molecule has 2 atom stereocenters. The highest BCUT2D eigenvalue weighted by molar-refractivity contribution is 5.89. The van der Waals surface area contributed by atoms with Crippen LogP contribution in [-0.2, 0) is 16.1 Å². The standard InChI is InChI=1S/C17H22N2O4/c1-3-11(2)19-9-13(7-16(19)20)17(21)18-8-12-4-5-14-15(6-12)23-10-22-14/h4-6,11,13H,3,7-10H2,1-2H3,(H,18,21)/t11-,13+/m1/s1.